The Labute approximate surface area is 118 Å². The first kappa shape index (κ1) is 14.6. The number of hydrogen-bond acceptors (Lipinski definition) is 1. The van der Waals surface area contributed by atoms with Crippen molar-refractivity contribution < 1.29 is 5.11 Å². The molecule has 19 heavy (non-hydrogen) atoms. The molecule has 0 aromatic heterocycles. The van der Waals surface area contributed by atoms with E-state index in [0.717, 1.165) is 19.3 Å². The summed E-state index contributed by atoms with van der Waals surface area (Å²) in [5.74, 6) is 0.663. The van der Waals surface area contributed by atoms with Crippen LogP contribution in [0.3, 0.4) is 0 Å². The van der Waals surface area contributed by atoms with Crippen LogP contribution in [0.4, 0.5) is 0 Å². The molecule has 0 spiro atoms. The van der Waals surface area contributed by atoms with Crippen LogP contribution in [0.25, 0.3) is 0 Å². The van der Waals surface area contributed by atoms with E-state index in [4.69, 9.17) is 0 Å². The van der Waals surface area contributed by atoms with Gasteiger partial charge in [-0.2, -0.15) is 0 Å². The molecule has 1 aliphatic carbocycles. The average molecular weight is 260 g/mol. The summed E-state index contributed by atoms with van der Waals surface area (Å²) in [4.78, 5) is 0. The highest BCUT2D eigenvalue weighted by molar-refractivity contribution is 5.28. The lowest BCUT2D eigenvalue weighted by atomic mass is 9.71. The van der Waals surface area contributed by atoms with E-state index >= 15 is 0 Å². The van der Waals surface area contributed by atoms with Crippen molar-refractivity contribution in [1.29, 1.82) is 0 Å². The molecule has 1 saturated carbocycles. The Morgan fingerprint density at radius 2 is 1.63 bits per heavy atom. The van der Waals surface area contributed by atoms with Gasteiger partial charge in [0.1, 0.15) is 0 Å². The zero-order chi connectivity index (χ0) is 13.7. The topological polar surface area (TPSA) is 20.2 Å². The lowest BCUT2D eigenvalue weighted by molar-refractivity contribution is 0.0575. The van der Waals surface area contributed by atoms with Crippen LogP contribution in [0.15, 0.2) is 30.3 Å². The van der Waals surface area contributed by atoms with Gasteiger partial charge < -0.3 is 5.11 Å². The summed E-state index contributed by atoms with van der Waals surface area (Å²) >= 11 is 0. The van der Waals surface area contributed by atoms with E-state index in [1.165, 1.54) is 31.2 Å². The number of aliphatic hydroxyl groups is 1. The second-order valence-electron chi connectivity index (χ2n) is 6.16. The van der Waals surface area contributed by atoms with Crippen molar-refractivity contribution >= 4 is 0 Å². The van der Waals surface area contributed by atoms with Crippen LogP contribution >= 0.6 is 0 Å². The predicted molar refractivity (Wildman–Crippen MR) is 81.3 cm³/mol. The Balaban J connectivity index is 2.20. The number of benzene rings is 1. The maximum atomic E-state index is 10.9. The molecule has 0 aliphatic heterocycles. The van der Waals surface area contributed by atoms with Crippen molar-refractivity contribution in [2.24, 2.45) is 5.92 Å². The summed E-state index contributed by atoms with van der Waals surface area (Å²) in [6.07, 6.45) is 7.96. The minimum Gasteiger partial charge on any atom is -0.392 e. The van der Waals surface area contributed by atoms with Crippen LogP contribution < -0.4 is 0 Å². The van der Waals surface area contributed by atoms with E-state index in [2.05, 4.69) is 44.2 Å². The molecule has 1 nitrogen and oxygen atoms in total. The van der Waals surface area contributed by atoms with E-state index in [1.54, 1.807) is 0 Å². The van der Waals surface area contributed by atoms with Gasteiger partial charge in [0.2, 0.25) is 0 Å². The maximum absolute atomic E-state index is 10.9. The fourth-order valence-electron chi connectivity index (χ4n) is 3.75. The van der Waals surface area contributed by atoms with Crippen LogP contribution in [0.1, 0.15) is 64.4 Å². The maximum Gasteiger partial charge on any atom is 0.0639 e. The molecule has 106 valence electrons. The van der Waals surface area contributed by atoms with Crippen LogP contribution in [0.2, 0.25) is 0 Å². The first-order valence-corrected chi connectivity index (χ1v) is 7.96. The van der Waals surface area contributed by atoms with E-state index < -0.39 is 0 Å². The molecule has 0 heterocycles. The van der Waals surface area contributed by atoms with Gasteiger partial charge in [0, 0.05) is 5.41 Å². The standard InChI is InChI=1S/C18H28O/c1-3-15(4-2)14-17(19)18(12-8-9-13-18)16-10-6-5-7-11-16/h5-7,10-11,15,17,19H,3-4,8-9,12-14H2,1-2H3. The van der Waals surface area contributed by atoms with Gasteiger partial charge in [-0.25, -0.2) is 0 Å². The third-order valence-corrected chi connectivity index (χ3v) is 5.19. The van der Waals surface area contributed by atoms with E-state index in [9.17, 15) is 5.11 Å². The lowest BCUT2D eigenvalue weighted by Crippen LogP contribution is -2.38. The molecule has 1 unspecified atom stereocenters. The fraction of sp³-hybridized carbons (Fsp3) is 0.667. The Kier molecular flexibility index (Phi) is 5.04. The summed E-state index contributed by atoms with van der Waals surface area (Å²) in [5.41, 5.74) is 1.38. The highest BCUT2D eigenvalue weighted by Gasteiger charge is 2.42. The van der Waals surface area contributed by atoms with Gasteiger partial charge in [-0.15, -0.1) is 0 Å². The fourth-order valence-corrected chi connectivity index (χ4v) is 3.75. The molecule has 2 rings (SSSR count). The zero-order valence-electron chi connectivity index (χ0n) is 12.4. The lowest BCUT2D eigenvalue weighted by Gasteiger charge is -2.36. The molecule has 0 amide bonds. The van der Waals surface area contributed by atoms with Crippen molar-refractivity contribution in [3.63, 3.8) is 0 Å². The van der Waals surface area contributed by atoms with Crippen LogP contribution in [-0.2, 0) is 5.41 Å². The molecular weight excluding hydrogens is 232 g/mol. The van der Waals surface area contributed by atoms with Crippen molar-refractivity contribution in [2.45, 2.75) is 70.3 Å². The summed E-state index contributed by atoms with van der Waals surface area (Å²) in [7, 11) is 0. The SMILES string of the molecule is CCC(CC)CC(O)C1(c2ccccc2)CCCC1. The van der Waals surface area contributed by atoms with E-state index in [1.807, 2.05) is 0 Å². The quantitative estimate of drug-likeness (QED) is 0.787. The number of aliphatic hydroxyl groups excluding tert-OH is 1. The molecule has 1 fully saturated rings. The van der Waals surface area contributed by atoms with E-state index in [0.29, 0.717) is 5.92 Å². The molecule has 0 radical (unpaired) electrons. The Hall–Kier alpha value is -0.820. The predicted octanol–water partition coefficient (Wildman–Crippen LogP) is 4.69. The number of hydrogen-bond donors (Lipinski definition) is 1. The molecule has 1 aromatic rings. The zero-order valence-corrected chi connectivity index (χ0v) is 12.4. The first-order chi connectivity index (χ1) is 9.23. The molecule has 1 aromatic carbocycles. The van der Waals surface area contributed by atoms with Gasteiger partial charge in [-0.1, -0.05) is 69.9 Å². The largest absolute Gasteiger partial charge is 0.392 e. The third-order valence-electron chi connectivity index (χ3n) is 5.19. The Morgan fingerprint density at radius 3 is 2.16 bits per heavy atom. The van der Waals surface area contributed by atoms with Gasteiger partial charge >= 0.3 is 0 Å². The summed E-state index contributed by atoms with van der Waals surface area (Å²) < 4.78 is 0. The Bertz CT molecular complexity index is 361. The molecule has 1 atom stereocenters. The normalized spacial score (nSPS) is 19.8. The van der Waals surface area contributed by atoms with Crippen LogP contribution in [0.5, 0.6) is 0 Å². The molecule has 1 aliphatic rings. The summed E-state index contributed by atoms with van der Waals surface area (Å²) in [6.45, 7) is 4.48. The van der Waals surface area contributed by atoms with E-state index in [-0.39, 0.29) is 11.5 Å². The van der Waals surface area contributed by atoms with Gasteiger partial charge in [0.05, 0.1) is 6.10 Å². The van der Waals surface area contributed by atoms with Crippen molar-refractivity contribution in [3.05, 3.63) is 35.9 Å². The smallest absolute Gasteiger partial charge is 0.0639 e. The monoisotopic (exact) mass is 260 g/mol. The van der Waals surface area contributed by atoms with Crippen molar-refractivity contribution in [3.8, 4) is 0 Å². The van der Waals surface area contributed by atoms with Crippen LogP contribution in [0, 0.1) is 5.92 Å². The molecule has 0 bridgehead atoms. The third kappa shape index (κ3) is 3.02. The van der Waals surface area contributed by atoms with Gasteiger partial charge in [0.15, 0.2) is 0 Å². The second-order valence-corrected chi connectivity index (χ2v) is 6.16. The van der Waals surface area contributed by atoms with Crippen LogP contribution in [-0.4, -0.2) is 11.2 Å². The van der Waals surface area contributed by atoms with Gasteiger partial charge in [0.25, 0.3) is 0 Å². The Morgan fingerprint density at radius 1 is 1.05 bits per heavy atom. The highest BCUT2D eigenvalue weighted by Crippen LogP contribution is 2.45. The van der Waals surface area contributed by atoms with Gasteiger partial charge in [-0.3, -0.25) is 0 Å². The second kappa shape index (κ2) is 6.56. The molecule has 1 heteroatoms. The number of rotatable bonds is 6. The molecule has 0 saturated heterocycles. The summed E-state index contributed by atoms with van der Waals surface area (Å²) in [5, 5.41) is 10.9. The minimum absolute atomic E-state index is 0.0316. The van der Waals surface area contributed by atoms with Crippen molar-refractivity contribution in [2.75, 3.05) is 0 Å². The minimum atomic E-state index is -0.178. The first-order valence-electron chi connectivity index (χ1n) is 7.96. The molecule has 1 N–H and O–H groups in total. The molecular formula is C18H28O. The average Bonchev–Trinajstić information content (AvgIpc) is 2.96. The van der Waals surface area contributed by atoms with Crippen molar-refractivity contribution in [1.82, 2.24) is 0 Å². The van der Waals surface area contributed by atoms with Gasteiger partial charge in [-0.05, 0) is 30.7 Å². The highest BCUT2D eigenvalue weighted by atomic mass is 16.3. The summed E-state index contributed by atoms with van der Waals surface area (Å²) in [6, 6.07) is 10.7.